The summed E-state index contributed by atoms with van der Waals surface area (Å²) in [7, 11) is 1.68. The first kappa shape index (κ1) is 31.5. The molecule has 2 rings (SSSR count). The molecule has 4 N–H and O–H groups in total. The van der Waals surface area contributed by atoms with Crippen LogP contribution in [0.4, 0.5) is 10.1 Å². The summed E-state index contributed by atoms with van der Waals surface area (Å²) in [4.78, 5) is 12.6. The first-order chi connectivity index (χ1) is 18.3. The summed E-state index contributed by atoms with van der Waals surface area (Å²) in [5, 5.41) is 6.45. The van der Waals surface area contributed by atoms with E-state index in [0.717, 1.165) is 35.4 Å². The average molecular weight is 532 g/mol. The quantitative estimate of drug-likeness (QED) is 0.216. The summed E-state index contributed by atoms with van der Waals surface area (Å²) in [5.41, 5.74) is 9.19. The molecule has 0 spiro atoms. The third-order valence-electron chi connectivity index (χ3n) is 6.63. The monoisotopic (exact) mass is 531 g/mol. The van der Waals surface area contributed by atoms with Crippen molar-refractivity contribution in [2.24, 2.45) is 11.7 Å². The van der Waals surface area contributed by atoms with Crippen molar-refractivity contribution in [2.45, 2.75) is 71.6 Å². The fourth-order valence-electron chi connectivity index (χ4n) is 3.96. The van der Waals surface area contributed by atoms with Gasteiger partial charge >= 0.3 is 0 Å². The Hall–Kier alpha value is -2.68. The van der Waals surface area contributed by atoms with Crippen LogP contribution in [0, 0.1) is 18.7 Å². The normalized spacial score (nSPS) is 13.5. The molecule has 0 aliphatic heterocycles. The van der Waals surface area contributed by atoms with Gasteiger partial charge in [0.05, 0.1) is 19.8 Å². The molecular weight excluding hydrogens is 485 g/mol. The number of nitrogens with one attached hydrogen (secondary N) is 2. The second kappa shape index (κ2) is 17.8. The molecule has 212 valence electrons. The van der Waals surface area contributed by atoms with Crippen LogP contribution in [0.25, 0.3) is 0 Å². The zero-order chi connectivity index (χ0) is 27.8. The number of anilines is 1. The van der Waals surface area contributed by atoms with Gasteiger partial charge in [-0.15, -0.1) is 0 Å². The molecule has 0 bridgehead atoms. The van der Waals surface area contributed by atoms with E-state index in [1.807, 2.05) is 25.1 Å². The number of hydrogen-bond acceptors (Lipinski definition) is 6. The van der Waals surface area contributed by atoms with Crippen LogP contribution in [0.15, 0.2) is 42.5 Å². The Kier molecular flexibility index (Phi) is 14.7. The van der Waals surface area contributed by atoms with Crippen LogP contribution in [0.2, 0.25) is 0 Å². The summed E-state index contributed by atoms with van der Waals surface area (Å²) >= 11 is 0. The maximum absolute atomic E-state index is 13.1. The molecule has 2 aromatic carbocycles. The van der Waals surface area contributed by atoms with Crippen molar-refractivity contribution in [3.8, 4) is 5.75 Å². The first-order valence-corrected chi connectivity index (χ1v) is 13.7. The summed E-state index contributed by atoms with van der Waals surface area (Å²) in [6.07, 6.45) is 3.60. The van der Waals surface area contributed by atoms with E-state index < -0.39 is 0 Å². The highest BCUT2D eigenvalue weighted by Crippen LogP contribution is 2.20. The molecule has 8 heteroatoms. The Balaban J connectivity index is 1.68. The number of hydrogen-bond donors (Lipinski definition) is 3. The van der Waals surface area contributed by atoms with E-state index in [1.54, 1.807) is 19.2 Å². The Morgan fingerprint density at radius 3 is 2.58 bits per heavy atom. The Morgan fingerprint density at radius 2 is 1.87 bits per heavy atom. The second-order valence-corrected chi connectivity index (χ2v) is 9.91. The lowest BCUT2D eigenvalue weighted by atomic mass is 9.98. The van der Waals surface area contributed by atoms with Gasteiger partial charge in [0.15, 0.2) is 0 Å². The van der Waals surface area contributed by atoms with Gasteiger partial charge in [-0.25, -0.2) is 4.39 Å². The molecule has 0 heterocycles. The molecule has 0 saturated carbocycles. The lowest BCUT2D eigenvalue weighted by Gasteiger charge is -2.25. The topological polar surface area (TPSA) is 94.8 Å². The third-order valence-corrected chi connectivity index (χ3v) is 6.63. The number of benzene rings is 2. The highest BCUT2D eigenvalue weighted by Gasteiger charge is 2.18. The second-order valence-electron chi connectivity index (χ2n) is 9.91. The van der Waals surface area contributed by atoms with Crippen molar-refractivity contribution in [3.05, 3.63) is 59.4 Å². The molecule has 0 aromatic heterocycles. The van der Waals surface area contributed by atoms with Crippen LogP contribution in [-0.2, 0) is 20.9 Å². The minimum Gasteiger partial charge on any atom is -0.493 e. The predicted molar refractivity (Wildman–Crippen MR) is 151 cm³/mol. The highest BCUT2D eigenvalue weighted by molar-refractivity contribution is 5.76. The maximum atomic E-state index is 13.1. The maximum Gasteiger partial charge on any atom is 0.220 e. The predicted octanol–water partition coefficient (Wildman–Crippen LogP) is 5.21. The number of aryl methyl sites for hydroxylation is 1. The van der Waals surface area contributed by atoms with Crippen molar-refractivity contribution in [1.29, 1.82) is 0 Å². The largest absolute Gasteiger partial charge is 0.493 e. The van der Waals surface area contributed by atoms with Gasteiger partial charge in [-0.05, 0) is 67.1 Å². The van der Waals surface area contributed by atoms with Crippen LogP contribution in [0.1, 0.15) is 57.1 Å². The minimum atomic E-state index is -0.269. The molecule has 2 aromatic rings. The first-order valence-electron chi connectivity index (χ1n) is 13.7. The average Bonchev–Trinajstić information content (AvgIpc) is 2.91. The molecule has 2 unspecified atom stereocenters. The number of halogens is 1. The van der Waals surface area contributed by atoms with Crippen LogP contribution >= 0.6 is 0 Å². The molecule has 38 heavy (non-hydrogen) atoms. The summed E-state index contributed by atoms with van der Waals surface area (Å²) in [6.45, 7) is 9.00. The van der Waals surface area contributed by atoms with Crippen molar-refractivity contribution in [2.75, 3.05) is 38.8 Å². The zero-order valence-corrected chi connectivity index (χ0v) is 23.4. The number of carbonyl (C=O) groups excluding carboxylic acids is 1. The Bertz CT molecular complexity index is 942. The number of methoxy groups -OCH3 is 1. The van der Waals surface area contributed by atoms with Crippen LogP contribution in [-0.4, -0.2) is 51.5 Å². The summed E-state index contributed by atoms with van der Waals surface area (Å²) in [6, 6.07) is 12.2. The Morgan fingerprint density at radius 1 is 1.11 bits per heavy atom. The highest BCUT2D eigenvalue weighted by atomic mass is 19.1. The smallest absolute Gasteiger partial charge is 0.220 e. The van der Waals surface area contributed by atoms with Gasteiger partial charge in [0, 0.05) is 50.9 Å². The van der Waals surface area contributed by atoms with Crippen LogP contribution < -0.4 is 21.1 Å². The van der Waals surface area contributed by atoms with E-state index in [0.29, 0.717) is 58.2 Å². The van der Waals surface area contributed by atoms with Gasteiger partial charge in [0.1, 0.15) is 11.6 Å². The van der Waals surface area contributed by atoms with Gasteiger partial charge < -0.3 is 30.6 Å². The van der Waals surface area contributed by atoms with Crippen molar-refractivity contribution >= 4 is 11.6 Å². The minimum absolute atomic E-state index is 0.0157. The van der Waals surface area contributed by atoms with Crippen LogP contribution in [0.5, 0.6) is 5.75 Å². The lowest BCUT2D eigenvalue weighted by Crippen LogP contribution is -2.44. The van der Waals surface area contributed by atoms with Gasteiger partial charge in [0.25, 0.3) is 0 Å². The molecule has 3 atom stereocenters. The fraction of sp³-hybridized carbons (Fsp3) is 0.567. The molecule has 0 aliphatic rings. The van der Waals surface area contributed by atoms with Gasteiger partial charge in [-0.2, -0.15) is 0 Å². The van der Waals surface area contributed by atoms with Crippen molar-refractivity contribution < 1.29 is 23.4 Å². The van der Waals surface area contributed by atoms with E-state index in [2.05, 4.69) is 24.5 Å². The van der Waals surface area contributed by atoms with E-state index in [-0.39, 0.29) is 23.8 Å². The van der Waals surface area contributed by atoms with Crippen LogP contribution in [0.3, 0.4) is 0 Å². The number of nitrogens with two attached hydrogens (primary N) is 1. The molecule has 1 amide bonds. The zero-order valence-electron chi connectivity index (χ0n) is 23.4. The Labute approximate surface area is 227 Å². The fourth-order valence-corrected chi connectivity index (χ4v) is 3.96. The van der Waals surface area contributed by atoms with Gasteiger partial charge in [0.2, 0.25) is 5.91 Å². The SMILES string of the molecule is CC[C@H](C)C(CNc1ccc(F)cc1)NC(=O)CCCC(N)COCc1ccc(C)c(OCCCOC)c1. The molecule has 7 nitrogen and oxygen atoms in total. The van der Waals surface area contributed by atoms with Gasteiger partial charge in [-0.1, -0.05) is 32.4 Å². The number of ether oxygens (including phenoxy) is 3. The van der Waals surface area contributed by atoms with Gasteiger partial charge in [-0.3, -0.25) is 4.79 Å². The number of amides is 1. The third kappa shape index (κ3) is 12.2. The van der Waals surface area contributed by atoms with E-state index in [1.165, 1.54) is 12.1 Å². The lowest BCUT2D eigenvalue weighted by molar-refractivity contribution is -0.122. The van der Waals surface area contributed by atoms with E-state index >= 15 is 0 Å². The number of carbonyl (C=O) groups is 1. The summed E-state index contributed by atoms with van der Waals surface area (Å²) in [5.74, 6) is 0.915. The summed E-state index contributed by atoms with van der Waals surface area (Å²) < 4.78 is 29.9. The van der Waals surface area contributed by atoms with Crippen molar-refractivity contribution in [1.82, 2.24) is 5.32 Å². The molecule has 0 fully saturated rings. The number of rotatable bonds is 19. The molecule has 0 aliphatic carbocycles. The van der Waals surface area contributed by atoms with E-state index in [9.17, 15) is 9.18 Å². The molecule has 0 saturated heterocycles. The molecule has 0 radical (unpaired) electrons. The van der Waals surface area contributed by atoms with Crippen molar-refractivity contribution in [3.63, 3.8) is 0 Å². The van der Waals surface area contributed by atoms with E-state index in [4.69, 9.17) is 19.9 Å². The molecular formula is C30H46FN3O4. The standard InChI is InChI=1S/C30H46FN3O4/c1-5-22(2)28(19-33-27-14-12-25(31)13-15-27)34-30(35)9-6-8-26(32)21-37-20-24-11-10-23(3)29(18-24)38-17-7-16-36-4/h10-15,18,22,26,28,33H,5-9,16-17,19-21,32H2,1-4H3,(H,34,35)/t22-,26?,28?/m0/s1.